The van der Waals surface area contributed by atoms with Crippen molar-refractivity contribution in [2.24, 2.45) is 5.41 Å². The number of rotatable bonds is 4. The van der Waals surface area contributed by atoms with E-state index in [9.17, 15) is 4.79 Å². The third kappa shape index (κ3) is 4.99. The molecule has 0 heterocycles. The van der Waals surface area contributed by atoms with Gasteiger partial charge < -0.3 is 9.47 Å². The van der Waals surface area contributed by atoms with Crippen LogP contribution in [0.2, 0.25) is 5.02 Å². The Morgan fingerprint density at radius 3 is 2.31 bits per heavy atom. The largest absolute Gasteiger partial charge is 0.462 e. The third-order valence-electron chi connectivity index (χ3n) is 4.03. The summed E-state index contributed by atoms with van der Waals surface area (Å²) in [6, 6.07) is 10.1. The normalized spacial score (nSPS) is 13.7. The molecule has 0 spiro atoms. The molecule has 4 heteroatoms. The highest BCUT2D eigenvalue weighted by atomic mass is 35.5. The van der Waals surface area contributed by atoms with Gasteiger partial charge in [-0.1, -0.05) is 41.9 Å². The van der Waals surface area contributed by atoms with Crippen LogP contribution < -0.4 is 0 Å². The van der Waals surface area contributed by atoms with Crippen LogP contribution in [0.1, 0.15) is 58.8 Å². The van der Waals surface area contributed by atoms with Gasteiger partial charge in [-0.3, -0.25) is 4.79 Å². The maximum Gasteiger partial charge on any atom is 0.311 e. The topological polar surface area (TPSA) is 35.5 Å². The fourth-order valence-electron chi connectivity index (χ4n) is 2.82. The molecule has 0 aliphatic heterocycles. The van der Waals surface area contributed by atoms with E-state index < -0.39 is 17.1 Å². The number of ether oxygens (including phenoxy) is 2. The van der Waals surface area contributed by atoms with E-state index in [0.717, 1.165) is 21.9 Å². The van der Waals surface area contributed by atoms with Gasteiger partial charge in [-0.25, -0.2) is 0 Å². The Hall–Kier alpha value is -1.58. The van der Waals surface area contributed by atoms with Crippen molar-refractivity contribution in [2.75, 3.05) is 6.61 Å². The van der Waals surface area contributed by atoms with Crippen molar-refractivity contribution in [3.8, 4) is 0 Å². The van der Waals surface area contributed by atoms with Gasteiger partial charge in [-0.2, -0.15) is 0 Å². The first-order valence-corrected chi connectivity index (χ1v) is 9.31. The van der Waals surface area contributed by atoms with Crippen LogP contribution in [0.5, 0.6) is 0 Å². The molecule has 26 heavy (non-hydrogen) atoms. The molecule has 3 nitrogen and oxygen atoms in total. The van der Waals surface area contributed by atoms with Gasteiger partial charge in [0, 0.05) is 10.9 Å². The van der Waals surface area contributed by atoms with Gasteiger partial charge in [-0.05, 0) is 59.4 Å². The molecule has 2 rings (SSSR count). The van der Waals surface area contributed by atoms with E-state index in [1.54, 1.807) is 0 Å². The minimum Gasteiger partial charge on any atom is -0.462 e. The SMILES string of the molecule is Cc1cc2ccccc2c(Cl)c1C(COC(=O)C(C)(C)C)OC(C)(C)C. The molecule has 1 unspecified atom stereocenters. The Balaban J connectivity index is 2.45. The van der Waals surface area contributed by atoms with Gasteiger partial charge in [0.05, 0.1) is 16.0 Å². The molecule has 0 saturated heterocycles. The summed E-state index contributed by atoms with van der Waals surface area (Å²) in [5.74, 6) is -0.255. The van der Waals surface area contributed by atoms with E-state index in [2.05, 4.69) is 6.07 Å². The minimum atomic E-state index is -0.561. The fourth-order valence-corrected chi connectivity index (χ4v) is 3.26. The van der Waals surface area contributed by atoms with Crippen molar-refractivity contribution in [1.82, 2.24) is 0 Å². The second kappa shape index (κ2) is 7.58. The summed E-state index contributed by atoms with van der Waals surface area (Å²) in [5.41, 5.74) is 0.936. The van der Waals surface area contributed by atoms with E-state index in [4.69, 9.17) is 21.1 Å². The lowest BCUT2D eigenvalue weighted by molar-refractivity contribution is -0.162. The summed E-state index contributed by atoms with van der Waals surface area (Å²) < 4.78 is 11.8. The summed E-state index contributed by atoms with van der Waals surface area (Å²) in [5, 5.41) is 2.71. The number of halogens is 1. The van der Waals surface area contributed by atoms with Gasteiger partial charge in [0.25, 0.3) is 0 Å². The summed E-state index contributed by atoms with van der Waals surface area (Å²) in [7, 11) is 0. The second-order valence-electron chi connectivity index (χ2n) is 8.71. The Morgan fingerprint density at radius 1 is 1.12 bits per heavy atom. The van der Waals surface area contributed by atoms with Crippen molar-refractivity contribution < 1.29 is 14.3 Å². The monoisotopic (exact) mass is 376 g/mol. The van der Waals surface area contributed by atoms with Crippen LogP contribution in [-0.4, -0.2) is 18.2 Å². The molecule has 0 aliphatic rings. The molecule has 2 aromatic carbocycles. The summed E-state index contributed by atoms with van der Waals surface area (Å²) >= 11 is 6.76. The summed E-state index contributed by atoms with van der Waals surface area (Å²) in [4.78, 5) is 12.2. The molecule has 0 amide bonds. The van der Waals surface area contributed by atoms with Crippen LogP contribution in [0.15, 0.2) is 30.3 Å². The van der Waals surface area contributed by atoms with Gasteiger partial charge in [0.2, 0.25) is 0 Å². The van der Waals surface area contributed by atoms with Crippen LogP contribution >= 0.6 is 11.6 Å². The van der Waals surface area contributed by atoms with Crippen molar-refractivity contribution >= 4 is 28.3 Å². The second-order valence-corrected chi connectivity index (χ2v) is 9.09. The predicted molar refractivity (Wildman–Crippen MR) is 108 cm³/mol. The highest BCUT2D eigenvalue weighted by molar-refractivity contribution is 6.36. The lowest BCUT2D eigenvalue weighted by Crippen LogP contribution is -2.29. The van der Waals surface area contributed by atoms with Crippen molar-refractivity contribution in [3.05, 3.63) is 46.5 Å². The van der Waals surface area contributed by atoms with E-state index >= 15 is 0 Å². The van der Waals surface area contributed by atoms with E-state index in [1.165, 1.54) is 0 Å². The van der Waals surface area contributed by atoms with Crippen molar-refractivity contribution in [1.29, 1.82) is 0 Å². The quantitative estimate of drug-likeness (QED) is 0.592. The molecular formula is C22H29ClO3. The molecule has 0 aromatic heterocycles. The Kier molecular flexibility index (Phi) is 6.04. The molecule has 1 atom stereocenters. The lowest BCUT2D eigenvalue weighted by atomic mass is 9.96. The average Bonchev–Trinajstić information content (AvgIpc) is 2.49. The number of benzene rings is 2. The first-order chi connectivity index (χ1) is 11.9. The molecule has 0 radical (unpaired) electrons. The zero-order valence-electron chi connectivity index (χ0n) is 16.8. The molecule has 0 N–H and O–H groups in total. The Labute approximate surface area is 161 Å². The first-order valence-electron chi connectivity index (χ1n) is 8.93. The molecule has 0 fully saturated rings. The summed E-state index contributed by atoms with van der Waals surface area (Å²) in [6.07, 6.45) is -0.432. The number of hydrogen-bond donors (Lipinski definition) is 0. The molecule has 0 saturated carbocycles. The van der Waals surface area contributed by atoms with Crippen LogP contribution in [0.4, 0.5) is 0 Å². The molecule has 0 bridgehead atoms. The lowest BCUT2D eigenvalue weighted by Gasteiger charge is -2.30. The number of carbonyl (C=O) groups is 1. The molecule has 0 aliphatic carbocycles. The fraction of sp³-hybridized carbons (Fsp3) is 0.500. The maximum atomic E-state index is 12.2. The Bertz CT molecular complexity index is 797. The van der Waals surface area contributed by atoms with Gasteiger partial charge in [-0.15, -0.1) is 0 Å². The van der Waals surface area contributed by atoms with Crippen molar-refractivity contribution in [3.63, 3.8) is 0 Å². The standard InChI is InChI=1S/C22H29ClO3/c1-14-12-15-10-8-9-11-16(15)19(23)18(14)17(26-22(5,6)7)13-25-20(24)21(2,3)4/h8-12,17H,13H2,1-7H3. The van der Waals surface area contributed by atoms with Gasteiger partial charge in [0.1, 0.15) is 12.7 Å². The van der Waals surface area contributed by atoms with E-state index in [-0.39, 0.29) is 12.6 Å². The number of hydrogen-bond acceptors (Lipinski definition) is 3. The third-order valence-corrected chi connectivity index (χ3v) is 4.43. The number of esters is 1. The van der Waals surface area contributed by atoms with Crippen molar-refractivity contribution in [2.45, 2.75) is 60.2 Å². The van der Waals surface area contributed by atoms with Crippen LogP contribution in [-0.2, 0) is 14.3 Å². The smallest absolute Gasteiger partial charge is 0.311 e. The number of aryl methyl sites for hydroxylation is 1. The van der Waals surface area contributed by atoms with Gasteiger partial charge >= 0.3 is 5.97 Å². The number of carbonyl (C=O) groups excluding carboxylic acids is 1. The first kappa shape index (κ1) is 20.7. The zero-order valence-corrected chi connectivity index (χ0v) is 17.5. The molecule has 142 valence electrons. The van der Waals surface area contributed by atoms with Crippen LogP contribution in [0, 0.1) is 12.3 Å². The van der Waals surface area contributed by atoms with E-state index in [1.807, 2.05) is 72.7 Å². The predicted octanol–water partition coefficient (Wildman–Crippen LogP) is 6.25. The van der Waals surface area contributed by atoms with Gasteiger partial charge in [0.15, 0.2) is 0 Å². The summed E-state index contributed by atoms with van der Waals surface area (Å²) in [6.45, 7) is 13.6. The minimum absolute atomic E-state index is 0.131. The average molecular weight is 377 g/mol. The van der Waals surface area contributed by atoms with Crippen LogP contribution in [0.3, 0.4) is 0 Å². The number of fused-ring (bicyclic) bond motifs is 1. The zero-order chi connectivity index (χ0) is 19.7. The Morgan fingerprint density at radius 2 is 1.73 bits per heavy atom. The van der Waals surface area contributed by atoms with E-state index in [0.29, 0.717) is 5.02 Å². The molecular weight excluding hydrogens is 348 g/mol. The highest BCUT2D eigenvalue weighted by Crippen LogP contribution is 2.37. The molecule has 2 aromatic rings. The maximum absolute atomic E-state index is 12.2. The highest BCUT2D eigenvalue weighted by Gasteiger charge is 2.29. The van der Waals surface area contributed by atoms with Crippen LogP contribution in [0.25, 0.3) is 10.8 Å².